The lowest BCUT2D eigenvalue weighted by atomic mass is 10.0. The minimum Gasteiger partial charge on any atom is -0.391 e. The van der Waals surface area contributed by atoms with E-state index in [0.717, 1.165) is 11.8 Å². The monoisotopic (exact) mass is 324 g/mol. The lowest BCUT2D eigenvalue weighted by Gasteiger charge is -2.18. The maximum atomic E-state index is 12.8. The number of pyridine rings is 1. The minimum atomic E-state index is -4.48. The SMILES string of the molecule is O[C@@H]1CN(c2cccc(C(F)(F)F)n2)C[C@H]1Cc1cnccn1. The van der Waals surface area contributed by atoms with Crippen molar-refractivity contribution in [2.45, 2.75) is 18.7 Å². The van der Waals surface area contributed by atoms with Crippen LogP contribution in [-0.4, -0.2) is 39.3 Å². The van der Waals surface area contributed by atoms with Crippen molar-refractivity contribution in [3.05, 3.63) is 48.2 Å². The summed E-state index contributed by atoms with van der Waals surface area (Å²) in [5, 5.41) is 10.2. The number of anilines is 1. The van der Waals surface area contributed by atoms with Crippen LogP contribution in [0.25, 0.3) is 0 Å². The topological polar surface area (TPSA) is 62.1 Å². The van der Waals surface area contributed by atoms with E-state index in [4.69, 9.17) is 0 Å². The molecular weight excluding hydrogens is 309 g/mol. The first-order valence-electron chi connectivity index (χ1n) is 7.15. The van der Waals surface area contributed by atoms with Crippen LogP contribution in [0.1, 0.15) is 11.4 Å². The van der Waals surface area contributed by atoms with Gasteiger partial charge in [-0.15, -0.1) is 0 Å². The maximum Gasteiger partial charge on any atom is 0.433 e. The molecule has 0 bridgehead atoms. The van der Waals surface area contributed by atoms with Crippen molar-refractivity contribution in [2.75, 3.05) is 18.0 Å². The zero-order valence-electron chi connectivity index (χ0n) is 12.1. The molecule has 1 aliphatic rings. The van der Waals surface area contributed by atoms with Crippen LogP contribution in [0.2, 0.25) is 0 Å². The van der Waals surface area contributed by atoms with Crippen molar-refractivity contribution in [1.29, 1.82) is 0 Å². The summed E-state index contributed by atoms with van der Waals surface area (Å²) in [6, 6.07) is 3.78. The molecule has 0 spiro atoms. The lowest BCUT2D eigenvalue weighted by molar-refractivity contribution is -0.141. The molecule has 0 aromatic carbocycles. The fraction of sp³-hybridized carbons (Fsp3) is 0.400. The number of aromatic nitrogens is 3. The van der Waals surface area contributed by atoms with Crippen LogP contribution in [-0.2, 0) is 12.6 Å². The predicted molar refractivity (Wildman–Crippen MR) is 76.7 cm³/mol. The van der Waals surface area contributed by atoms with Gasteiger partial charge in [0.25, 0.3) is 0 Å². The predicted octanol–water partition coefficient (Wildman–Crippen LogP) is 1.93. The van der Waals surface area contributed by atoms with Crippen LogP contribution in [0.5, 0.6) is 0 Å². The van der Waals surface area contributed by atoms with E-state index in [-0.39, 0.29) is 18.3 Å². The van der Waals surface area contributed by atoms with Crippen molar-refractivity contribution in [3.8, 4) is 0 Å². The molecule has 2 aromatic heterocycles. The van der Waals surface area contributed by atoms with Gasteiger partial charge in [0.1, 0.15) is 11.5 Å². The van der Waals surface area contributed by atoms with Crippen molar-refractivity contribution in [2.24, 2.45) is 5.92 Å². The summed E-state index contributed by atoms with van der Waals surface area (Å²) in [4.78, 5) is 13.5. The van der Waals surface area contributed by atoms with Crippen LogP contribution >= 0.6 is 0 Å². The summed E-state index contributed by atoms with van der Waals surface area (Å²) in [6.07, 6.45) is 0.153. The number of hydrogen-bond donors (Lipinski definition) is 1. The number of aliphatic hydroxyl groups excluding tert-OH is 1. The summed E-state index contributed by atoms with van der Waals surface area (Å²) < 4.78 is 38.3. The Hall–Kier alpha value is -2.22. The first kappa shape index (κ1) is 15.7. The van der Waals surface area contributed by atoms with E-state index in [1.54, 1.807) is 23.5 Å². The third kappa shape index (κ3) is 3.58. The average molecular weight is 324 g/mol. The van der Waals surface area contributed by atoms with Crippen molar-refractivity contribution in [3.63, 3.8) is 0 Å². The summed E-state index contributed by atoms with van der Waals surface area (Å²) in [7, 11) is 0. The molecule has 2 atom stereocenters. The number of alkyl halides is 3. The Morgan fingerprint density at radius 2 is 2.04 bits per heavy atom. The van der Waals surface area contributed by atoms with Crippen LogP contribution in [0.15, 0.2) is 36.8 Å². The van der Waals surface area contributed by atoms with Crippen LogP contribution in [0, 0.1) is 5.92 Å². The molecule has 8 heteroatoms. The Labute approximate surface area is 130 Å². The number of β-amino-alcohol motifs (C(OH)–C–C–N with tert-alkyl or cyclic N) is 1. The Morgan fingerprint density at radius 1 is 1.22 bits per heavy atom. The molecule has 3 rings (SSSR count). The van der Waals surface area contributed by atoms with Gasteiger partial charge in [0.15, 0.2) is 0 Å². The third-order valence-electron chi connectivity index (χ3n) is 3.84. The highest BCUT2D eigenvalue weighted by molar-refractivity contribution is 5.41. The van der Waals surface area contributed by atoms with Gasteiger partial charge < -0.3 is 10.0 Å². The molecule has 5 nitrogen and oxygen atoms in total. The molecule has 1 aliphatic heterocycles. The van der Waals surface area contributed by atoms with Gasteiger partial charge in [0.2, 0.25) is 0 Å². The van der Waals surface area contributed by atoms with E-state index < -0.39 is 18.0 Å². The second-order valence-electron chi connectivity index (χ2n) is 5.51. The van der Waals surface area contributed by atoms with Crippen molar-refractivity contribution < 1.29 is 18.3 Å². The molecular formula is C15H15F3N4O. The van der Waals surface area contributed by atoms with Gasteiger partial charge in [-0.3, -0.25) is 9.97 Å². The summed E-state index contributed by atoms with van der Waals surface area (Å²) in [6.45, 7) is 0.672. The Balaban J connectivity index is 1.73. The van der Waals surface area contributed by atoms with E-state index in [9.17, 15) is 18.3 Å². The molecule has 1 saturated heterocycles. The number of nitrogens with zero attached hydrogens (tertiary/aromatic N) is 4. The van der Waals surface area contributed by atoms with E-state index in [0.29, 0.717) is 13.0 Å². The minimum absolute atomic E-state index is 0.122. The summed E-state index contributed by atoms with van der Waals surface area (Å²) >= 11 is 0. The van der Waals surface area contributed by atoms with Gasteiger partial charge in [0.05, 0.1) is 11.8 Å². The zero-order valence-corrected chi connectivity index (χ0v) is 12.1. The molecule has 0 radical (unpaired) electrons. The Kier molecular flexibility index (Phi) is 4.16. The number of halogens is 3. The molecule has 0 unspecified atom stereocenters. The largest absolute Gasteiger partial charge is 0.433 e. The van der Waals surface area contributed by atoms with E-state index in [2.05, 4.69) is 15.0 Å². The highest BCUT2D eigenvalue weighted by Crippen LogP contribution is 2.30. The quantitative estimate of drug-likeness (QED) is 0.935. The van der Waals surface area contributed by atoms with Gasteiger partial charge in [0, 0.05) is 37.6 Å². The first-order valence-corrected chi connectivity index (χ1v) is 7.15. The van der Waals surface area contributed by atoms with Gasteiger partial charge in [-0.2, -0.15) is 13.2 Å². The standard InChI is InChI=1S/C15H15F3N4O/c16-15(17,18)13-2-1-3-14(21-13)22-8-10(12(23)9-22)6-11-7-19-4-5-20-11/h1-5,7,10,12,23H,6,8-9H2/t10-,12-/m1/s1. The Bertz CT molecular complexity index is 665. The van der Waals surface area contributed by atoms with E-state index in [1.807, 2.05) is 0 Å². The van der Waals surface area contributed by atoms with Crippen LogP contribution < -0.4 is 4.90 Å². The molecule has 122 valence electrons. The fourth-order valence-electron chi connectivity index (χ4n) is 2.70. The molecule has 1 fully saturated rings. The van der Waals surface area contributed by atoms with Gasteiger partial charge in [-0.05, 0) is 18.6 Å². The molecule has 2 aromatic rings. The molecule has 0 saturated carbocycles. The van der Waals surface area contributed by atoms with Gasteiger partial charge >= 0.3 is 6.18 Å². The second-order valence-corrected chi connectivity index (χ2v) is 5.51. The number of aliphatic hydroxyl groups is 1. The number of hydrogen-bond acceptors (Lipinski definition) is 5. The normalized spacial score (nSPS) is 21.7. The summed E-state index contributed by atoms with van der Waals surface area (Å²) in [5.41, 5.74) is -0.183. The smallest absolute Gasteiger partial charge is 0.391 e. The van der Waals surface area contributed by atoms with Crippen LogP contribution in [0.3, 0.4) is 0 Å². The lowest BCUT2D eigenvalue weighted by Crippen LogP contribution is -2.23. The Morgan fingerprint density at radius 3 is 2.74 bits per heavy atom. The molecule has 23 heavy (non-hydrogen) atoms. The average Bonchev–Trinajstić information content (AvgIpc) is 2.89. The first-order chi connectivity index (χ1) is 10.9. The van der Waals surface area contributed by atoms with E-state index in [1.165, 1.54) is 12.1 Å². The van der Waals surface area contributed by atoms with E-state index >= 15 is 0 Å². The van der Waals surface area contributed by atoms with Crippen LogP contribution in [0.4, 0.5) is 19.0 Å². The number of rotatable bonds is 3. The summed E-state index contributed by atoms with van der Waals surface area (Å²) in [5.74, 6) is 0.101. The highest BCUT2D eigenvalue weighted by atomic mass is 19.4. The molecule has 1 N–H and O–H groups in total. The van der Waals surface area contributed by atoms with Gasteiger partial charge in [-0.25, -0.2) is 4.98 Å². The maximum absolute atomic E-state index is 12.8. The van der Waals surface area contributed by atoms with Crippen molar-refractivity contribution >= 4 is 5.82 Å². The highest BCUT2D eigenvalue weighted by Gasteiger charge is 2.35. The third-order valence-corrected chi connectivity index (χ3v) is 3.84. The molecule has 0 amide bonds. The molecule has 0 aliphatic carbocycles. The van der Waals surface area contributed by atoms with Crippen molar-refractivity contribution in [1.82, 2.24) is 15.0 Å². The molecule has 3 heterocycles. The van der Waals surface area contributed by atoms with Gasteiger partial charge in [-0.1, -0.05) is 6.07 Å². The second kappa shape index (κ2) is 6.11. The fourth-order valence-corrected chi connectivity index (χ4v) is 2.70. The zero-order chi connectivity index (χ0) is 16.4.